The topological polar surface area (TPSA) is 151 Å². The third-order valence-corrected chi connectivity index (χ3v) is 19.1. The molecular weight excluding hydrogens is 789 g/mol. The van der Waals surface area contributed by atoms with E-state index in [0.717, 1.165) is 77.3 Å². The Hall–Kier alpha value is -1.42. The molecular formula is C46H78N10O4S. The molecule has 3 saturated carbocycles. The first-order chi connectivity index (χ1) is 29.6. The van der Waals surface area contributed by atoms with Crippen molar-refractivity contribution in [3.63, 3.8) is 0 Å². The molecule has 5 N–H and O–H groups in total. The van der Waals surface area contributed by atoms with Gasteiger partial charge in [0, 0.05) is 68.6 Å². The van der Waals surface area contributed by atoms with Crippen LogP contribution < -0.4 is 27.0 Å². The van der Waals surface area contributed by atoms with Crippen LogP contribution in [0.2, 0.25) is 0 Å². The number of piperidine rings is 1. The zero-order valence-corrected chi connectivity index (χ0v) is 38.8. The molecule has 6 heterocycles. The van der Waals surface area contributed by atoms with Gasteiger partial charge in [0.2, 0.25) is 5.91 Å². The lowest BCUT2D eigenvalue weighted by Gasteiger charge is -2.47. The minimum absolute atomic E-state index is 0.0275. The van der Waals surface area contributed by atoms with Crippen LogP contribution in [0.5, 0.6) is 0 Å². The van der Waals surface area contributed by atoms with Crippen molar-refractivity contribution in [1.82, 2.24) is 41.7 Å². The number of ether oxygens (including phenoxy) is 3. The highest BCUT2D eigenvalue weighted by molar-refractivity contribution is 8.00. The predicted molar refractivity (Wildman–Crippen MR) is 239 cm³/mol. The quantitative estimate of drug-likeness (QED) is 0.224. The number of hydrogen-bond donors (Lipinski definition) is 5. The van der Waals surface area contributed by atoms with Crippen molar-refractivity contribution < 1.29 is 19.0 Å². The second kappa shape index (κ2) is 19.2. The van der Waals surface area contributed by atoms with E-state index in [1.165, 1.54) is 50.9 Å². The molecule has 14 unspecified atom stereocenters. The van der Waals surface area contributed by atoms with Crippen molar-refractivity contribution in [2.75, 3.05) is 40.4 Å². The van der Waals surface area contributed by atoms with E-state index in [1.807, 2.05) is 7.11 Å². The number of amides is 1. The third kappa shape index (κ3) is 9.22. The van der Waals surface area contributed by atoms with E-state index in [2.05, 4.69) is 87.2 Å². The number of nitrogens with zero attached hydrogens (tertiary/aromatic N) is 5. The van der Waals surface area contributed by atoms with Crippen LogP contribution in [-0.4, -0.2) is 144 Å². The molecule has 3 aliphatic carbocycles. The van der Waals surface area contributed by atoms with Gasteiger partial charge in [0.1, 0.15) is 6.04 Å². The lowest BCUT2D eigenvalue weighted by molar-refractivity contribution is -0.126. The van der Waals surface area contributed by atoms with Crippen LogP contribution in [0.25, 0.3) is 0 Å². The summed E-state index contributed by atoms with van der Waals surface area (Å²) in [6.07, 6.45) is 16.9. The first kappa shape index (κ1) is 44.8. The fourth-order valence-electron chi connectivity index (χ4n) is 13.5. The lowest BCUT2D eigenvalue weighted by atomic mass is 9.72. The normalized spacial score (nSPS) is 46.0. The van der Waals surface area contributed by atoms with Gasteiger partial charge in [0.15, 0.2) is 0 Å². The number of thioether (sulfide) groups is 1. The zero-order chi connectivity index (χ0) is 42.4. The number of nitrogens with one attached hydrogen (secondary N) is 5. The minimum atomic E-state index is -0.198. The number of hydrazine groups is 2. The van der Waals surface area contributed by atoms with E-state index >= 15 is 0 Å². The molecule has 342 valence electrons. The summed E-state index contributed by atoms with van der Waals surface area (Å²) < 4.78 is 18.5. The number of carbonyl (C=O) groups is 1. The van der Waals surface area contributed by atoms with Crippen LogP contribution in [0.1, 0.15) is 124 Å². The second-order valence-electron chi connectivity index (χ2n) is 20.9. The van der Waals surface area contributed by atoms with E-state index in [-0.39, 0.29) is 66.7 Å². The maximum atomic E-state index is 13.4. The monoisotopic (exact) mass is 867 g/mol. The van der Waals surface area contributed by atoms with Crippen molar-refractivity contribution >= 4 is 23.4 Å². The number of nitriles is 1. The first-order valence-corrected chi connectivity index (χ1v) is 25.4. The number of fused-ring (bicyclic) bond motifs is 3. The van der Waals surface area contributed by atoms with Crippen molar-refractivity contribution in [2.45, 2.75) is 202 Å². The third-order valence-electron chi connectivity index (χ3n) is 17.4. The molecule has 0 bridgehead atoms. The van der Waals surface area contributed by atoms with Crippen molar-refractivity contribution in [2.24, 2.45) is 34.1 Å². The molecule has 8 fully saturated rings. The summed E-state index contributed by atoms with van der Waals surface area (Å²) in [5.74, 6) is 1.54. The fourth-order valence-corrected chi connectivity index (χ4v) is 15.3. The standard InChI is InChI=1S/C46H78N10O4S/c1-27-29(3)61-45-41(27)42(48-28(2)43-53-50-30(4)56(43)45)36-14-10-33(23-39(36)59-6)54-20-17-46(18-21-54)19-22-55(26-46)40-16-15-37(51-52-40)44(57)49-32-8-12-34(13-9-32)60-35-11-7-31(25-47)38(24-35)58-5/h27-41,43,45,50-53H,7-24,26H2,1-6H3,(H,49,57)/t27?,28-,29?,30?,31?,32?,33?,34?,35?,36?,37?,38?,39?,40?,41?,43?,45?/m0/s1. The number of hydrogen-bond acceptors (Lipinski definition) is 14. The molecule has 15 atom stereocenters. The Morgan fingerprint density at radius 2 is 1.57 bits per heavy atom. The van der Waals surface area contributed by atoms with Gasteiger partial charge < -0.3 is 24.4 Å². The van der Waals surface area contributed by atoms with Gasteiger partial charge in [-0.15, -0.1) is 11.8 Å². The number of rotatable bonds is 9. The maximum absolute atomic E-state index is 13.4. The van der Waals surface area contributed by atoms with Gasteiger partial charge in [-0.1, -0.05) is 13.8 Å². The summed E-state index contributed by atoms with van der Waals surface area (Å²) in [5.41, 5.74) is 16.0. The largest absolute Gasteiger partial charge is 0.381 e. The van der Waals surface area contributed by atoms with Gasteiger partial charge in [-0.25, -0.2) is 21.7 Å². The van der Waals surface area contributed by atoms with E-state index < -0.39 is 0 Å². The van der Waals surface area contributed by atoms with Gasteiger partial charge in [-0.05, 0) is 128 Å². The van der Waals surface area contributed by atoms with Crippen molar-refractivity contribution in [1.29, 1.82) is 5.26 Å². The molecule has 61 heavy (non-hydrogen) atoms. The first-order valence-electron chi connectivity index (χ1n) is 24.5. The van der Waals surface area contributed by atoms with Crippen molar-refractivity contribution in [3.8, 4) is 6.07 Å². The summed E-state index contributed by atoms with van der Waals surface area (Å²) >= 11 is 2.16. The lowest BCUT2D eigenvalue weighted by Crippen LogP contribution is -2.62. The summed E-state index contributed by atoms with van der Waals surface area (Å²) in [5, 5.41) is 13.8. The van der Waals surface area contributed by atoms with Gasteiger partial charge in [0.25, 0.3) is 0 Å². The Morgan fingerprint density at radius 1 is 0.836 bits per heavy atom. The van der Waals surface area contributed by atoms with Crippen molar-refractivity contribution in [3.05, 3.63) is 0 Å². The molecule has 0 radical (unpaired) electrons. The Bertz CT molecular complexity index is 1580. The Balaban J connectivity index is 0.705. The molecule has 14 nitrogen and oxygen atoms in total. The molecule has 9 rings (SSSR count). The number of aliphatic imine (C=N–C) groups is 1. The average Bonchev–Trinajstić information content (AvgIpc) is 3.95. The number of methoxy groups -OCH3 is 2. The average molecular weight is 867 g/mol. The van der Waals surface area contributed by atoms with Crippen LogP contribution in [0.3, 0.4) is 0 Å². The zero-order valence-electron chi connectivity index (χ0n) is 38.0. The second-order valence-corrected chi connectivity index (χ2v) is 22.4. The Labute approximate surface area is 370 Å². The van der Waals surface area contributed by atoms with Crippen LogP contribution in [0.4, 0.5) is 0 Å². The molecule has 9 aliphatic rings. The van der Waals surface area contributed by atoms with E-state index in [1.54, 1.807) is 7.11 Å². The van der Waals surface area contributed by atoms with Gasteiger partial charge in [-0.2, -0.15) is 5.26 Å². The molecule has 5 saturated heterocycles. The van der Waals surface area contributed by atoms with Crippen LogP contribution in [0, 0.1) is 40.4 Å². The highest BCUT2D eigenvalue weighted by Crippen LogP contribution is 2.51. The molecule has 1 spiro atoms. The van der Waals surface area contributed by atoms with E-state index in [0.29, 0.717) is 46.0 Å². The Kier molecular flexibility index (Phi) is 14.1. The molecule has 0 aromatic carbocycles. The summed E-state index contributed by atoms with van der Waals surface area (Å²) in [7, 11) is 3.65. The highest BCUT2D eigenvalue weighted by Gasteiger charge is 2.55. The SMILES string of the molecule is COC1CC(OC2CCC(NC(=O)C3CCC(N4CCC5(CCN(C6CCC(C7=N[C@@H](C)C8NNC(C)N8C8SC(C)C(C)C78)C(OC)C6)CC5)C4)NN3)CC2)CCC1C#N. The molecule has 0 aromatic heterocycles. The smallest absolute Gasteiger partial charge is 0.238 e. The maximum Gasteiger partial charge on any atom is 0.238 e. The summed E-state index contributed by atoms with van der Waals surface area (Å²) in [6.45, 7) is 14.1. The Morgan fingerprint density at radius 3 is 2.28 bits per heavy atom. The predicted octanol–water partition coefficient (Wildman–Crippen LogP) is 4.33. The molecule has 0 aromatic rings. The fraction of sp³-hybridized carbons (Fsp3) is 0.935. The highest BCUT2D eigenvalue weighted by atomic mass is 32.2. The van der Waals surface area contributed by atoms with Gasteiger partial charge >= 0.3 is 0 Å². The summed E-state index contributed by atoms with van der Waals surface area (Å²) in [6, 6.07) is 3.19. The molecule has 6 aliphatic heterocycles. The van der Waals surface area contributed by atoms with E-state index in [9.17, 15) is 10.1 Å². The molecule has 1 amide bonds. The van der Waals surface area contributed by atoms with E-state index in [4.69, 9.17) is 19.2 Å². The van der Waals surface area contributed by atoms with Crippen LogP contribution >= 0.6 is 11.8 Å². The van der Waals surface area contributed by atoms with Crippen LogP contribution in [0.15, 0.2) is 4.99 Å². The number of likely N-dealkylation sites (tertiary alicyclic amines) is 2. The molecule has 15 heteroatoms. The van der Waals surface area contributed by atoms with Gasteiger partial charge in [0.05, 0.1) is 66.3 Å². The van der Waals surface area contributed by atoms with Gasteiger partial charge in [-0.3, -0.25) is 19.6 Å². The van der Waals surface area contributed by atoms with Crippen LogP contribution in [-0.2, 0) is 19.0 Å². The number of carbonyl (C=O) groups excluding carboxylic acids is 1. The summed E-state index contributed by atoms with van der Waals surface area (Å²) in [4.78, 5) is 27.2. The minimum Gasteiger partial charge on any atom is -0.381 e.